The number of aryl methyl sites for hydroxylation is 2. The van der Waals surface area contributed by atoms with Crippen LogP contribution >= 0.6 is 0 Å². The summed E-state index contributed by atoms with van der Waals surface area (Å²) < 4.78 is 44.9. The minimum atomic E-state index is -4.61. The number of hydrogen-bond acceptors (Lipinski definition) is 3. The predicted octanol–water partition coefficient (Wildman–Crippen LogP) is 5.74. The molecule has 1 amide bonds. The zero-order chi connectivity index (χ0) is 26.6. The van der Waals surface area contributed by atoms with Crippen molar-refractivity contribution in [3.8, 4) is 11.1 Å². The number of aromatic nitrogens is 4. The number of rotatable bonds is 6. The van der Waals surface area contributed by atoms with Crippen LogP contribution in [0.5, 0.6) is 0 Å². The van der Waals surface area contributed by atoms with Crippen molar-refractivity contribution in [1.82, 2.24) is 24.2 Å². The summed E-state index contributed by atoms with van der Waals surface area (Å²) in [6, 6.07) is 12.0. The topological polar surface area (TPSA) is 56.0 Å². The highest BCUT2D eigenvalue weighted by atomic mass is 19.4. The molecule has 0 unspecified atom stereocenters. The van der Waals surface area contributed by atoms with E-state index in [0.29, 0.717) is 48.7 Å². The fourth-order valence-corrected chi connectivity index (χ4v) is 5.44. The molecule has 0 atom stereocenters. The minimum Gasteiger partial charge on any atom is -0.334 e. The van der Waals surface area contributed by atoms with Crippen molar-refractivity contribution >= 4 is 5.91 Å². The Morgan fingerprint density at radius 2 is 1.82 bits per heavy atom. The molecule has 1 aliphatic heterocycles. The Morgan fingerprint density at radius 3 is 2.53 bits per heavy atom. The maximum Gasteiger partial charge on any atom is 0.435 e. The summed E-state index contributed by atoms with van der Waals surface area (Å²) in [5, 5.41) is 3.73. The fourth-order valence-electron chi connectivity index (χ4n) is 5.44. The van der Waals surface area contributed by atoms with Gasteiger partial charge in [-0.2, -0.15) is 18.3 Å². The molecular formula is C29H28F3N5O. The average molecular weight is 520 g/mol. The smallest absolute Gasteiger partial charge is 0.334 e. The summed E-state index contributed by atoms with van der Waals surface area (Å²) >= 11 is 0. The molecule has 6 rings (SSSR count). The molecule has 6 nitrogen and oxygen atoms in total. The molecule has 0 saturated heterocycles. The zero-order valence-corrected chi connectivity index (χ0v) is 21.3. The van der Waals surface area contributed by atoms with Gasteiger partial charge in [-0.05, 0) is 72.1 Å². The molecule has 0 bridgehead atoms. The number of nitrogens with zero attached hydrogens (tertiary/aromatic N) is 5. The molecule has 0 spiro atoms. The second-order valence-corrected chi connectivity index (χ2v) is 10.3. The summed E-state index contributed by atoms with van der Waals surface area (Å²) in [4.78, 5) is 19.9. The molecule has 9 heteroatoms. The molecule has 0 N–H and O–H groups in total. The van der Waals surface area contributed by atoms with Crippen LogP contribution in [-0.4, -0.2) is 36.7 Å². The van der Waals surface area contributed by atoms with E-state index in [1.807, 2.05) is 35.9 Å². The Hall–Kier alpha value is -3.88. The molecule has 1 aliphatic carbocycles. The van der Waals surface area contributed by atoms with Gasteiger partial charge in [0.15, 0.2) is 5.69 Å². The monoisotopic (exact) mass is 519 g/mol. The summed E-state index contributed by atoms with van der Waals surface area (Å²) in [5.74, 6) is 1.24. The van der Waals surface area contributed by atoms with Gasteiger partial charge in [0.1, 0.15) is 5.82 Å². The summed E-state index contributed by atoms with van der Waals surface area (Å²) in [6.45, 7) is 3.17. The number of carbonyl (C=O) groups excluding carboxylic acids is 1. The molecule has 2 aliphatic rings. The average Bonchev–Trinajstić information content (AvgIpc) is 3.54. The zero-order valence-electron chi connectivity index (χ0n) is 21.3. The molecule has 1 saturated carbocycles. The van der Waals surface area contributed by atoms with Crippen LogP contribution in [0.3, 0.4) is 0 Å². The van der Waals surface area contributed by atoms with Gasteiger partial charge < -0.3 is 9.47 Å². The number of alkyl halides is 3. The van der Waals surface area contributed by atoms with Crippen LogP contribution in [0.4, 0.5) is 13.2 Å². The third-order valence-electron chi connectivity index (χ3n) is 7.50. The summed E-state index contributed by atoms with van der Waals surface area (Å²) in [6.07, 6.45) is 3.16. The van der Waals surface area contributed by atoms with Crippen molar-refractivity contribution in [1.29, 1.82) is 0 Å². The number of hydrogen-bond donors (Lipinski definition) is 0. The van der Waals surface area contributed by atoms with E-state index in [4.69, 9.17) is 0 Å². The summed E-state index contributed by atoms with van der Waals surface area (Å²) in [5.41, 5.74) is 3.69. The lowest BCUT2D eigenvalue weighted by Crippen LogP contribution is -2.37. The molecule has 0 radical (unpaired) electrons. The molecule has 1 fully saturated rings. The van der Waals surface area contributed by atoms with Gasteiger partial charge in [0.25, 0.3) is 5.91 Å². The Labute approximate surface area is 218 Å². The van der Waals surface area contributed by atoms with E-state index < -0.39 is 11.9 Å². The van der Waals surface area contributed by atoms with E-state index in [9.17, 15) is 18.0 Å². The Kier molecular flexibility index (Phi) is 5.89. The van der Waals surface area contributed by atoms with Crippen LogP contribution in [0.15, 0.2) is 55.0 Å². The van der Waals surface area contributed by atoms with E-state index in [1.54, 1.807) is 17.2 Å². The van der Waals surface area contributed by atoms with Gasteiger partial charge in [-0.1, -0.05) is 24.3 Å². The Bertz CT molecular complexity index is 1530. The van der Waals surface area contributed by atoms with E-state index in [1.165, 1.54) is 36.3 Å². The van der Waals surface area contributed by atoms with Gasteiger partial charge in [-0.25, -0.2) is 4.98 Å². The maximum absolute atomic E-state index is 13.9. The Balaban J connectivity index is 1.41. The first-order valence-electron chi connectivity index (χ1n) is 12.8. The number of imidazole rings is 1. The molecule has 2 aromatic carbocycles. The van der Waals surface area contributed by atoms with Crippen molar-refractivity contribution < 1.29 is 18.0 Å². The number of amides is 1. The van der Waals surface area contributed by atoms with Crippen molar-refractivity contribution in [2.24, 2.45) is 7.05 Å². The Morgan fingerprint density at radius 1 is 1.03 bits per heavy atom. The third kappa shape index (κ3) is 4.61. The molecular weight excluding hydrogens is 491 g/mol. The van der Waals surface area contributed by atoms with Crippen molar-refractivity contribution in [3.05, 3.63) is 94.3 Å². The number of benzene rings is 2. The van der Waals surface area contributed by atoms with Crippen LogP contribution in [0.25, 0.3) is 11.1 Å². The van der Waals surface area contributed by atoms with Crippen molar-refractivity contribution in [3.63, 3.8) is 0 Å². The lowest BCUT2D eigenvalue weighted by atomic mass is 9.88. The quantitative estimate of drug-likeness (QED) is 0.327. The first-order valence-corrected chi connectivity index (χ1v) is 12.8. The third-order valence-corrected chi connectivity index (χ3v) is 7.50. The van der Waals surface area contributed by atoms with Crippen LogP contribution in [0.1, 0.15) is 62.9 Å². The normalized spacial score (nSPS) is 15.7. The van der Waals surface area contributed by atoms with Gasteiger partial charge in [-0.15, -0.1) is 0 Å². The summed E-state index contributed by atoms with van der Waals surface area (Å²) in [7, 11) is 1.48. The van der Waals surface area contributed by atoms with E-state index >= 15 is 0 Å². The standard InChI is InChI=1S/C29H28F3N5O/c1-18-33-9-11-36(18)16-20-13-24(26-17-35(2)34-27(26)29(30,31)32)23-8-10-37(28(38)25(23)14-20)15-19-4-3-5-22(12-19)21-6-7-21/h3-5,9,11-14,17,21H,6-8,10,15-16H2,1-2H3. The van der Waals surface area contributed by atoms with Gasteiger partial charge in [0.05, 0.1) is 0 Å². The predicted molar refractivity (Wildman–Crippen MR) is 137 cm³/mol. The lowest BCUT2D eigenvalue weighted by molar-refractivity contribution is -0.140. The van der Waals surface area contributed by atoms with Crippen LogP contribution in [0.2, 0.25) is 0 Å². The van der Waals surface area contributed by atoms with Crippen LogP contribution < -0.4 is 0 Å². The van der Waals surface area contributed by atoms with Crippen LogP contribution in [-0.2, 0) is 32.7 Å². The fraction of sp³-hybridized carbons (Fsp3) is 0.345. The number of halogens is 3. The molecule has 3 heterocycles. The van der Waals surface area contributed by atoms with E-state index in [-0.39, 0.29) is 11.5 Å². The van der Waals surface area contributed by atoms with Gasteiger partial charge >= 0.3 is 6.18 Å². The highest BCUT2D eigenvalue weighted by Gasteiger charge is 2.39. The second-order valence-electron chi connectivity index (χ2n) is 10.3. The van der Waals surface area contributed by atoms with Gasteiger partial charge in [-0.3, -0.25) is 9.48 Å². The maximum atomic E-state index is 13.9. The van der Waals surface area contributed by atoms with Crippen LogP contribution in [0, 0.1) is 6.92 Å². The SMILES string of the molecule is Cc1nccn1Cc1cc2c(c(-c3cn(C)nc3C(F)(F)F)c1)CCN(Cc1cccc(C3CC3)c1)C2=O. The molecule has 196 valence electrons. The van der Waals surface area contributed by atoms with E-state index in [2.05, 4.69) is 22.2 Å². The molecule has 38 heavy (non-hydrogen) atoms. The minimum absolute atomic E-state index is 0.00108. The lowest BCUT2D eigenvalue weighted by Gasteiger charge is -2.31. The molecule has 4 aromatic rings. The van der Waals surface area contributed by atoms with Gasteiger partial charge in [0, 0.05) is 56.4 Å². The largest absolute Gasteiger partial charge is 0.435 e. The highest BCUT2D eigenvalue weighted by molar-refractivity contribution is 5.99. The first kappa shape index (κ1) is 24.5. The molecule has 2 aromatic heterocycles. The first-order chi connectivity index (χ1) is 18.2. The number of fused-ring (bicyclic) bond motifs is 1. The number of carbonyl (C=O) groups is 1. The van der Waals surface area contributed by atoms with Crippen molar-refractivity contribution in [2.45, 2.75) is 51.4 Å². The van der Waals surface area contributed by atoms with E-state index in [0.717, 1.165) is 17.0 Å². The second kappa shape index (κ2) is 9.15. The van der Waals surface area contributed by atoms with Crippen molar-refractivity contribution in [2.75, 3.05) is 6.54 Å². The highest BCUT2D eigenvalue weighted by Crippen LogP contribution is 2.41. The van der Waals surface area contributed by atoms with Gasteiger partial charge in [0.2, 0.25) is 0 Å².